The molecule has 1 fully saturated rings. The zero-order valence-corrected chi connectivity index (χ0v) is 12.5. The van der Waals surface area contributed by atoms with Crippen LogP contribution in [0.3, 0.4) is 0 Å². The monoisotopic (exact) mass is 320 g/mol. The fourth-order valence-electron chi connectivity index (χ4n) is 2.02. The van der Waals surface area contributed by atoms with E-state index in [9.17, 15) is 10.1 Å². The fraction of sp³-hybridized carbons (Fsp3) is 0.500. The Kier molecular flexibility index (Phi) is 5.19. The van der Waals surface area contributed by atoms with Gasteiger partial charge in [0, 0.05) is 17.9 Å². The van der Waals surface area contributed by atoms with Crippen LogP contribution in [0.4, 0.5) is 11.4 Å². The summed E-state index contributed by atoms with van der Waals surface area (Å²) in [5.74, 6) is 1.16. The van der Waals surface area contributed by atoms with Crippen molar-refractivity contribution in [2.24, 2.45) is 0 Å². The van der Waals surface area contributed by atoms with Crippen molar-refractivity contribution in [3.8, 4) is 0 Å². The lowest BCUT2D eigenvalue weighted by molar-refractivity contribution is -0.383. The summed E-state index contributed by atoms with van der Waals surface area (Å²) in [7, 11) is 0. The zero-order chi connectivity index (χ0) is 13.8. The number of anilines is 1. The second-order valence-electron chi connectivity index (χ2n) is 4.41. The summed E-state index contributed by atoms with van der Waals surface area (Å²) >= 11 is 13.6. The van der Waals surface area contributed by atoms with Crippen molar-refractivity contribution in [1.29, 1.82) is 0 Å². The number of thioether (sulfide) groups is 1. The van der Waals surface area contributed by atoms with Crippen LogP contribution in [0.2, 0.25) is 10.0 Å². The van der Waals surface area contributed by atoms with Gasteiger partial charge in [0.2, 0.25) is 0 Å². The highest BCUT2D eigenvalue weighted by Gasteiger charge is 2.19. The largest absolute Gasteiger partial charge is 0.378 e. The van der Waals surface area contributed by atoms with Gasteiger partial charge < -0.3 is 5.32 Å². The molecular weight excluding hydrogens is 307 g/mol. The number of benzene rings is 1. The van der Waals surface area contributed by atoms with Gasteiger partial charge in [-0.3, -0.25) is 10.1 Å². The maximum Gasteiger partial charge on any atom is 0.293 e. The first-order valence-corrected chi connectivity index (χ1v) is 7.87. The van der Waals surface area contributed by atoms with Crippen LogP contribution in [0.1, 0.15) is 19.3 Å². The van der Waals surface area contributed by atoms with Gasteiger partial charge in [0.1, 0.15) is 5.69 Å². The molecule has 104 valence electrons. The van der Waals surface area contributed by atoms with Crippen molar-refractivity contribution in [2.45, 2.75) is 24.5 Å². The average molecular weight is 321 g/mol. The lowest BCUT2D eigenvalue weighted by Gasteiger charge is -2.22. The van der Waals surface area contributed by atoms with Gasteiger partial charge in [0.05, 0.1) is 15.0 Å². The van der Waals surface area contributed by atoms with Crippen LogP contribution in [-0.2, 0) is 0 Å². The van der Waals surface area contributed by atoms with E-state index in [1.54, 1.807) is 0 Å². The van der Waals surface area contributed by atoms with Crippen LogP contribution in [-0.4, -0.2) is 22.5 Å². The number of hydrogen-bond acceptors (Lipinski definition) is 4. The third kappa shape index (κ3) is 3.91. The minimum absolute atomic E-state index is 0.0322. The van der Waals surface area contributed by atoms with E-state index in [1.807, 2.05) is 11.8 Å². The maximum atomic E-state index is 11.0. The number of hydrogen-bond donors (Lipinski definition) is 1. The molecule has 0 aliphatic carbocycles. The summed E-state index contributed by atoms with van der Waals surface area (Å²) < 4.78 is 0. The second-order valence-corrected chi connectivity index (χ2v) is 6.63. The molecule has 0 radical (unpaired) electrons. The molecule has 1 aromatic rings. The molecule has 7 heteroatoms. The summed E-state index contributed by atoms with van der Waals surface area (Å²) in [5.41, 5.74) is 0.404. The van der Waals surface area contributed by atoms with E-state index in [-0.39, 0.29) is 10.7 Å². The van der Waals surface area contributed by atoms with Gasteiger partial charge in [-0.25, -0.2) is 0 Å². The summed E-state index contributed by atoms with van der Waals surface area (Å²) in [6.45, 7) is 0.712. The van der Waals surface area contributed by atoms with E-state index in [1.165, 1.54) is 25.0 Å². The highest BCUT2D eigenvalue weighted by Crippen LogP contribution is 2.34. The average Bonchev–Trinajstić information content (AvgIpc) is 2.40. The molecule has 19 heavy (non-hydrogen) atoms. The summed E-state index contributed by atoms with van der Waals surface area (Å²) in [6.07, 6.45) is 3.63. The standard InChI is InChI=1S/C12H14Cl2N2O2S/c13-9-5-11(12(16(17)18)6-10(9)14)15-7-8-3-1-2-4-19-8/h5-6,8,15H,1-4,7H2. The molecule has 1 saturated heterocycles. The van der Waals surface area contributed by atoms with Gasteiger partial charge in [-0.1, -0.05) is 29.6 Å². The Morgan fingerprint density at radius 1 is 1.37 bits per heavy atom. The molecule has 2 rings (SSSR count). The third-order valence-electron chi connectivity index (χ3n) is 3.03. The Labute approximate surface area is 126 Å². The van der Waals surface area contributed by atoms with Gasteiger partial charge in [-0.2, -0.15) is 11.8 Å². The zero-order valence-electron chi connectivity index (χ0n) is 10.2. The first-order chi connectivity index (χ1) is 9.08. The van der Waals surface area contributed by atoms with E-state index in [2.05, 4.69) is 5.32 Å². The molecule has 0 aromatic heterocycles. The van der Waals surface area contributed by atoms with Crippen LogP contribution in [0.25, 0.3) is 0 Å². The van der Waals surface area contributed by atoms with Crippen LogP contribution < -0.4 is 5.32 Å². The molecular formula is C12H14Cl2N2O2S. The molecule has 1 aliphatic heterocycles. The number of halogens is 2. The number of nitrogens with zero attached hydrogens (tertiary/aromatic N) is 1. The van der Waals surface area contributed by atoms with Crippen LogP contribution in [0, 0.1) is 10.1 Å². The number of nitro benzene ring substituents is 1. The van der Waals surface area contributed by atoms with Crippen molar-refractivity contribution >= 4 is 46.3 Å². The van der Waals surface area contributed by atoms with Crippen molar-refractivity contribution in [3.05, 3.63) is 32.3 Å². The molecule has 1 atom stereocenters. The molecule has 0 saturated carbocycles. The maximum absolute atomic E-state index is 11.0. The van der Waals surface area contributed by atoms with Crippen molar-refractivity contribution in [2.75, 3.05) is 17.6 Å². The number of nitro groups is 1. The highest BCUT2D eigenvalue weighted by molar-refractivity contribution is 7.99. The summed E-state index contributed by atoms with van der Waals surface area (Å²) in [4.78, 5) is 10.5. The lowest BCUT2D eigenvalue weighted by Crippen LogP contribution is -2.20. The van der Waals surface area contributed by atoms with Crippen molar-refractivity contribution in [3.63, 3.8) is 0 Å². The Hall–Kier alpha value is -0.650. The molecule has 1 heterocycles. The quantitative estimate of drug-likeness (QED) is 0.650. The highest BCUT2D eigenvalue weighted by atomic mass is 35.5. The molecule has 0 bridgehead atoms. The van der Waals surface area contributed by atoms with Crippen LogP contribution >= 0.6 is 35.0 Å². The number of nitrogens with one attached hydrogen (secondary N) is 1. The molecule has 0 spiro atoms. The Morgan fingerprint density at radius 3 is 2.74 bits per heavy atom. The topological polar surface area (TPSA) is 55.2 Å². The minimum atomic E-state index is -0.446. The van der Waals surface area contributed by atoms with E-state index in [0.717, 1.165) is 12.2 Å². The van der Waals surface area contributed by atoms with Crippen molar-refractivity contribution < 1.29 is 4.92 Å². The number of rotatable bonds is 4. The third-order valence-corrected chi connectivity index (χ3v) is 5.15. The van der Waals surface area contributed by atoms with Crippen LogP contribution in [0.5, 0.6) is 0 Å². The van der Waals surface area contributed by atoms with E-state index >= 15 is 0 Å². The Balaban J connectivity index is 2.09. The first kappa shape index (κ1) is 14.8. The van der Waals surface area contributed by atoms with Gasteiger partial charge in [0.25, 0.3) is 5.69 Å². The van der Waals surface area contributed by atoms with E-state index < -0.39 is 4.92 Å². The molecule has 1 unspecified atom stereocenters. The summed E-state index contributed by atoms with van der Waals surface area (Å²) in [5, 5.41) is 15.1. The van der Waals surface area contributed by atoms with Gasteiger partial charge in [-0.05, 0) is 24.7 Å². The van der Waals surface area contributed by atoms with E-state index in [4.69, 9.17) is 23.2 Å². The SMILES string of the molecule is O=[N+]([O-])c1cc(Cl)c(Cl)cc1NCC1CCCCS1. The minimum Gasteiger partial charge on any atom is -0.378 e. The molecule has 1 aromatic carbocycles. The second kappa shape index (κ2) is 6.68. The van der Waals surface area contributed by atoms with Crippen LogP contribution in [0.15, 0.2) is 12.1 Å². The summed E-state index contributed by atoms with van der Waals surface area (Å²) in [6, 6.07) is 2.82. The Morgan fingerprint density at radius 2 is 2.11 bits per heavy atom. The lowest BCUT2D eigenvalue weighted by atomic mass is 10.2. The molecule has 1 N–H and O–H groups in total. The molecule has 4 nitrogen and oxygen atoms in total. The predicted octanol–water partition coefficient (Wildman–Crippen LogP) is 4.60. The van der Waals surface area contributed by atoms with E-state index in [0.29, 0.717) is 22.5 Å². The fourth-order valence-corrected chi connectivity index (χ4v) is 3.58. The Bertz CT molecular complexity index is 479. The van der Waals surface area contributed by atoms with Gasteiger partial charge >= 0.3 is 0 Å². The normalized spacial score (nSPS) is 19.2. The van der Waals surface area contributed by atoms with Gasteiger partial charge in [-0.15, -0.1) is 0 Å². The molecule has 1 aliphatic rings. The van der Waals surface area contributed by atoms with Gasteiger partial charge in [0.15, 0.2) is 0 Å². The molecule has 0 amide bonds. The first-order valence-electron chi connectivity index (χ1n) is 6.07. The van der Waals surface area contributed by atoms with Crippen molar-refractivity contribution in [1.82, 2.24) is 0 Å². The smallest absolute Gasteiger partial charge is 0.293 e. The predicted molar refractivity (Wildman–Crippen MR) is 81.7 cm³/mol.